The van der Waals surface area contributed by atoms with E-state index in [0.29, 0.717) is 0 Å². The fraction of sp³-hybridized carbons (Fsp3) is 0.933. The highest BCUT2D eigenvalue weighted by molar-refractivity contribution is 5.86. The van der Waals surface area contributed by atoms with Gasteiger partial charge in [0, 0.05) is 19.8 Å². The smallest absolute Gasteiger partial charge is 0.240 e. The predicted molar refractivity (Wildman–Crippen MR) is 75.8 cm³/mol. The van der Waals surface area contributed by atoms with E-state index in [4.69, 9.17) is 10.5 Å². The van der Waals surface area contributed by atoms with E-state index >= 15 is 0 Å². The summed E-state index contributed by atoms with van der Waals surface area (Å²) in [4.78, 5) is 12.2. The van der Waals surface area contributed by atoms with Crippen LogP contribution in [0, 0.1) is 5.41 Å². The Hall–Kier alpha value is -0.610. The van der Waals surface area contributed by atoms with Crippen LogP contribution in [0.2, 0.25) is 0 Å². The molecule has 19 heavy (non-hydrogen) atoms. The Bertz CT molecular complexity index is 307. The molecule has 0 unspecified atom stereocenters. The molecule has 0 saturated heterocycles. The zero-order valence-electron chi connectivity index (χ0n) is 12.2. The number of amides is 1. The lowest BCUT2D eigenvalue weighted by molar-refractivity contribution is -0.127. The van der Waals surface area contributed by atoms with Crippen LogP contribution in [0.1, 0.15) is 58.3 Å². The van der Waals surface area contributed by atoms with Crippen molar-refractivity contribution in [3.63, 3.8) is 0 Å². The number of nitrogens with one attached hydrogen (secondary N) is 1. The van der Waals surface area contributed by atoms with Gasteiger partial charge in [-0.25, -0.2) is 0 Å². The summed E-state index contributed by atoms with van der Waals surface area (Å²) in [5.41, 5.74) is 5.86. The van der Waals surface area contributed by atoms with Crippen molar-refractivity contribution in [2.75, 3.05) is 19.8 Å². The summed E-state index contributed by atoms with van der Waals surface area (Å²) in [6.45, 7) is 4.37. The van der Waals surface area contributed by atoms with Gasteiger partial charge < -0.3 is 15.8 Å². The fourth-order valence-electron chi connectivity index (χ4n) is 3.30. The van der Waals surface area contributed by atoms with Crippen LogP contribution in [-0.2, 0) is 9.53 Å². The van der Waals surface area contributed by atoms with Crippen LogP contribution in [0.5, 0.6) is 0 Å². The molecule has 2 rings (SSSR count). The normalized spacial score (nSPS) is 23.9. The van der Waals surface area contributed by atoms with Crippen molar-refractivity contribution in [3.8, 4) is 0 Å². The second-order valence-electron chi connectivity index (χ2n) is 6.35. The lowest BCUT2D eigenvalue weighted by Gasteiger charge is -2.42. The van der Waals surface area contributed by atoms with E-state index in [0.717, 1.165) is 51.9 Å². The Labute approximate surface area is 116 Å². The number of ether oxygens (including phenoxy) is 1. The minimum Gasteiger partial charge on any atom is -0.382 e. The van der Waals surface area contributed by atoms with E-state index in [-0.39, 0.29) is 11.3 Å². The van der Waals surface area contributed by atoms with Gasteiger partial charge in [0.15, 0.2) is 0 Å². The van der Waals surface area contributed by atoms with Crippen LogP contribution in [0.4, 0.5) is 0 Å². The minimum absolute atomic E-state index is 0.0627. The molecule has 0 heterocycles. The quantitative estimate of drug-likeness (QED) is 0.694. The Morgan fingerprint density at radius 2 is 1.89 bits per heavy atom. The molecule has 0 spiro atoms. The zero-order valence-corrected chi connectivity index (χ0v) is 12.2. The summed E-state index contributed by atoms with van der Waals surface area (Å²) in [6.07, 6.45) is 8.58. The third-order valence-electron chi connectivity index (χ3n) is 4.97. The SMILES string of the molecule is CCOCCC1(CNC(=O)C2(N)CCCC2)CCC1. The topological polar surface area (TPSA) is 64.3 Å². The summed E-state index contributed by atoms with van der Waals surface area (Å²) in [5.74, 6) is 0.0627. The standard InChI is InChI=1S/C15H28N2O2/c1-2-19-11-10-14(6-5-7-14)12-17-13(18)15(16)8-3-4-9-15/h2-12,16H2,1H3,(H,17,18). The van der Waals surface area contributed by atoms with Crippen LogP contribution in [-0.4, -0.2) is 31.2 Å². The monoisotopic (exact) mass is 268 g/mol. The average Bonchev–Trinajstić information content (AvgIpc) is 2.79. The van der Waals surface area contributed by atoms with Gasteiger partial charge in [0.25, 0.3) is 0 Å². The molecular weight excluding hydrogens is 240 g/mol. The zero-order chi connectivity index (χ0) is 13.8. The number of nitrogens with two attached hydrogens (primary N) is 1. The number of carbonyl (C=O) groups is 1. The number of hydrogen-bond donors (Lipinski definition) is 2. The van der Waals surface area contributed by atoms with Gasteiger partial charge in [0.2, 0.25) is 5.91 Å². The maximum atomic E-state index is 12.2. The minimum atomic E-state index is -0.592. The van der Waals surface area contributed by atoms with E-state index in [2.05, 4.69) is 5.32 Å². The van der Waals surface area contributed by atoms with Crippen molar-refractivity contribution < 1.29 is 9.53 Å². The summed E-state index contributed by atoms with van der Waals surface area (Å²) in [7, 11) is 0. The van der Waals surface area contributed by atoms with E-state index in [1.165, 1.54) is 19.3 Å². The molecule has 4 heteroatoms. The molecular formula is C15H28N2O2. The molecule has 110 valence electrons. The molecule has 2 aliphatic carbocycles. The Morgan fingerprint density at radius 3 is 2.42 bits per heavy atom. The van der Waals surface area contributed by atoms with Gasteiger partial charge in [0.1, 0.15) is 0 Å². The predicted octanol–water partition coefficient (Wildman–Crippen LogP) is 1.97. The number of rotatable bonds is 7. The first-order chi connectivity index (χ1) is 9.10. The van der Waals surface area contributed by atoms with Gasteiger partial charge in [-0.2, -0.15) is 0 Å². The first kappa shape index (κ1) is 14.8. The first-order valence-corrected chi connectivity index (χ1v) is 7.75. The first-order valence-electron chi connectivity index (χ1n) is 7.75. The molecule has 0 aromatic heterocycles. The lowest BCUT2D eigenvalue weighted by atomic mass is 9.66. The van der Waals surface area contributed by atoms with Gasteiger partial charge >= 0.3 is 0 Å². The molecule has 0 aromatic rings. The molecule has 2 saturated carbocycles. The van der Waals surface area contributed by atoms with Crippen LogP contribution >= 0.6 is 0 Å². The van der Waals surface area contributed by atoms with Gasteiger partial charge in [0.05, 0.1) is 5.54 Å². The van der Waals surface area contributed by atoms with Gasteiger partial charge in [-0.05, 0) is 44.4 Å². The Morgan fingerprint density at radius 1 is 1.21 bits per heavy atom. The van der Waals surface area contributed by atoms with Crippen LogP contribution in [0.25, 0.3) is 0 Å². The Balaban J connectivity index is 1.77. The summed E-state index contributed by atoms with van der Waals surface area (Å²) in [5, 5.41) is 3.12. The van der Waals surface area contributed by atoms with Crippen LogP contribution in [0.3, 0.4) is 0 Å². The van der Waals surface area contributed by atoms with Gasteiger partial charge in [-0.1, -0.05) is 19.3 Å². The highest BCUT2D eigenvalue weighted by Gasteiger charge is 2.40. The number of hydrogen-bond acceptors (Lipinski definition) is 3. The second kappa shape index (κ2) is 6.23. The van der Waals surface area contributed by atoms with Gasteiger partial charge in [-0.15, -0.1) is 0 Å². The van der Waals surface area contributed by atoms with Crippen molar-refractivity contribution in [2.45, 2.75) is 63.8 Å². The van der Waals surface area contributed by atoms with Crippen molar-refractivity contribution in [1.82, 2.24) is 5.32 Å². The molecule has 0 aliphatic heterocycles. The lowest BCUT2D eigenvalue weighted by Crippen LogP contribution is -2.54. The fourth-order valence-corrected chi connectivity index (χ4v) is 3.30. The number of carbonyl (C=O) groups excluding carboxylic acids is 1. The van der Waals surface area contributed by atoms with Crippen LogP contribution in [0.15, 0.2) is 0 Å². The van der Waals surface area contributed by atoms with Crippen molar-refractivity contribution >= 4 is 5.91 Å². The summed E-state index contributed by atoms with van der Waals surface area (Å²) < 4.78 is 5.45. The van der Waals surface area contributed by atoms with E-state index in [1.54, 1.807) is 0 Å². The van der Waals surface area contributed by atoms with Crippen LogP contribution < -0.4 is 11.1 Å². The molecule has 1 amide bonds. The Kier molecular flexibility index (Phi) is 4.85. The summed E-state index contributed by atoms with van der Waals surface area (Å²) in [6, 6.07) is 0. The largest absolute Gasteiger partial charge is 0.382 e. The average molecular weight is 268 g/mol. The molecule has 2 fully saturated rings. The van der Waals surface area contributed by atoms with Crippen molar-refractivity contribution in [3.05, 3.63) is 0 Å². The van der Waals surface area contributed by atoms with E-state index < -0.39 is 5.54 Å². The maximum absolute atomic E-state index is 12.2. The molecule has 2 aliphatic rings. The molecule has 0 aromatic carbocycles. The van der Waals surface area contributed by atoms with Gasteiger partial charge in [-0.3, -0.25) is 4.79 Å². The second-order valence-corrected chi connectivity index (χ2v) is 6.35. The third kappa shape index (κ3) is 3.48. The van der Waals surface area contributed by atoms with Crippen molar-refractivity contribution in [1.29, 1.82) is 0 Å². The van der Waals surface area contributed by atoms with Crippen molar-refractivity contribution in [2.24, 2.45) is 11.1 Å². The maximum Gasteiger partial charge on any atom is 0.240 e. The molecule has 3 N–H and O–H groups in total. The highest BCUT2D eigenvalue weighted by atomic mass is 16.5. The summed E-state index contributed by atoms with van der Waals surface area (Å²) >= 11 is 0. The van der Waals surface area contributed by atoms with E-state index in [1.807, 2.05) is 6.92 Å². The van der Waals surface area contributed by atoms with E-state index in [9.17, 15) is 4.79 Å². The molecule has 0 bridgehead atoms. The molecule has 0 radical (unpaired) electrons. The molecule has 4 nitrogen and oxygen atoms in total. The third-order valence-corrected chi connectivity index (χ3v) is 4.97. The molecule has 0 atom stereocenters. The highest BCUT2D eigenvalue weighted by Crippen LogP contribution is 2.43.